The minimum atomic E-state index is -1.01. The van der Waals surface area contributed by atoms with Crippen LogP contribution in [0, 0.1) is 5.92 Å². The van der Waals surface area contributed by atoms with Crippen molar-refractivity contribution < 1.29 is 23.9 Å². The topological polar surface area (TPSA) is 84.9 Å². The number of hydrogen-bond acceptors (Lipinski definition) is 5. The van der Waals surface area contributed by atoms with Gasteiger partial charge >= 0.3 is 6.03 Å². The zero-order valence-corrected chi connectivity index (χ0v) is 16.5. The van der Waals surface area contributed by atoms with E-state index in [1.807, 2.05) is 0 Å². The van der Waals surface area contributed by atoms with Gasteiger partial charge in [-0.2, -0.15) is 0 Å². The molecule has 0 aliphatic carbocycles. The number of anilines is 1. The van der Waals surface area contributed by atoms with Crippen molar-refractivity contribution >= 4 is 23.5 Å². The molecule has 1 unspecified atom stereocenters. The van der Waals surface area contributed by atoms with E-state index >= 15 is 0 Å². The molecule has 1 saturated heterocycles. The van der Waals surface area contributed by atoms with E-state index in [4.69, 9.17) is 9.47 Å². The molecule has 1 atom stereocenters. The molecule has 7 nitrogen and oxygen atoms in total. The first kappa shape index (κ1) is 20.4. The first-order chi connectivity index (χ1) is 14.0. The van der Waals surface area contributed by atoms with E-state index in [1.54, 1.807) is 55.6 Å². The van der Waals surface area contributed by atoms with Gasteiger partial charge in [0.25, 0.3) is 0 Å². The number of para-hydroxylation sites is 1. The SMILES string of the molecule is CCCCOc1ccc(CC2C(=O)NC(=O)N(c3ccccc3)C2=O)cc1OC. The summed E-state index contributed by atoms with van der Waals surface area (Å²) in [6, 6.07) is 13.1. The third-order valence-electron chi connectivity index (χ3n) is 4.71. The molecule has 0 bridgehead atoms. The summed E-state index contributed by atoms with van der Waals surface area (Å²) in [5.41, 5.74) is 1.16. The highest BCUT2D eigenvalue weighted by atomic mass is 16.5. The lowest BCUT2D eigenvalue weighted by Crippen LogP contribution is -2.58. The van der Waals surface area contributed by atoms with Crippen LogP contribution in [0.1, 0.15) is 25.3 Å². The van der Waals surface area contributed by atoms with Crippen LogP contribution in [-0.4, -0.2) is 31.6 Å². The van der Waals surface area contributed by atoms with Crippen molar-refractivity contribution in [3.8, 4) is 11.5 Å². The van der Waals surface area contributed by atoms with E-state index in [9.17, 15) is 14.4 Å². The second-order valence-corrected chi connectivity index (χ2v) is 6.75. The van der Waals surface area contributed by atoms with Gasteiger partial charge in [-0.1, -0.05) is 37.6 Å². The fraction of sp³-hybridized carbons (Fsp3) is 0.318. The number of nitrogens with one attached hydrogen (secondary N) is 1. The molecule has 7 heteroatoms. The number of carbonyl (C=O) groups is 3. The van der Waals surface area contributed by atoms with E-state index in [0.29, 0.717) is 23.8 Å². The monoisotopic (exact) mass is 396 g/mol. The van der Waals surface area contributed by atoms with Gasteiger partial charge in [0.05, 0.1) is 19.4 Å². The number of carbonyl (C=O) groups excluding carboxylic acids is 3. The number of methoxy groups -OCH3 is 1. The number of ether oxygens (including phenoxy) is 2. The highest BCUT2D eigenvalue weighted by Gasteiger charge is 2.41. The zero-order valence-electron chi connectivity index (χ0n) is 16.5. The van der Waals surface area contributed by atoms with Gasteiger partial charge in [-0.25, -0.2) is 9.69 Å². The zero-order chi connectivity index (χ0) is 20.8. The van der Waals surface area contributed by atoms with Gasteiger partial charge in [0.15, 0.2) is 11.5 Å². The van der Waals surface area contributed by atoms with Crippen LogP contribution in [0.5, 0.6) is 11.5 Å². The number of unbranched alkanes of at least 4 members (excludes halogenated alkanes) is 1. The third kappa shape index (κ3) is 4.56. The average molecular weight is 396 g/mol. The van der Waals surface area contributed by atoms with E-state index in [-0.39, 0.29) is 6.42 Å². The molecule has 1 heterocycles. The normalized spacial score (nSPS) is 16.6. The molecule has 3 rings (SSSR count). The molecule has 0 saturated carbocycles. The molecule has 152 valence electrons. The molecule has 0 radical (unpaired) electrons. The lowest BCUT2D eigenvalue weighted by atomic mass is 9.95. The number of rotatable bonds is 8. The molecule has 1 fully saturated rings. The van der Waals surface area contributed by atoms with E-state index < -0.39 is 23.8 Å². The number of urea groups is 1. The molecular weight excluding hydrogens is 372 g/mol. The predicted molar refractivity (Wildman–Crippen MR) is 108 cm³/mol. The van der Waals surface area contributed by atoms with Crippen LogP contribution in [0.15, 0.2) is 48.5 Å². The number of barbiturate groups is 1. The van der Waals surface area contributed by atoms with Gasteiger partial charge in [0, 0.05) is 0 Å². The molecule has 29 heavy (non-hydrogen) atoms. The summed E-state index contributed by atoms with van der Waals surface area (Å²) in [6.07, 6.45) is 2.10. The number of amides is 4. The Hall–Kier alpha value is -3.35. The van der Waals surface area contributed by atoms with Crippen LogP contribution in [0.4, 0.5) is 10.5 Å². The smallest absolute Gasteiger partial charge is 0.335 e. The highest BCUT2D eigenvalue weighted by Crippen LogP contribution is 2.30. The van der Waals surface area contributed by atoms with Gasteiger partial charge in [0.2, 0.25) is 11.8 Å². The third-order valence-corrected chi connectivity index (χ3v) is 4.71. The van der Waals surface area contributed by atoms with E-state index in [2.05, 4.69) is 12.2 Å². The molecule has 1 aliphatic rings. The minimum Gasteiger partial charge on any atom is -0.493 e. The first-order valence-electron chi connectivity index (χ1n) is 9.58. The Morgan fingerprint density at radius 2 is 1.79 bits per heavy atom. The second-order valence-electron chi connectivity index (χ2n) is 6.75. The van der Waals surface area contributed by atoms with Crippen molar-refractivity contribution in [2.45, 2.75) is 26.2 Å². The Bertz CT molecular complexity index is 897. The quantitative estimate of drug-likeness (QED) is 0.547. The number of nitrogens with zero attached hydrogens (tertiary/aromatic N) is 1. The Kier molecular flexibility index (Phi) is 6.49. The minimum absolute atomic E-state index is 0.146. The van der Waals surface area contributed by atoms with Crippen LogP contribution in [0.25, 0.3) is 0 Å². The van der Waals surface area contributed by atoms with Gasteiger partial charge in [-0.3, -0.25) is 14.9 Å². The first-order valence-corrected chi connectivity index (χ1v) is 9.58. The second kappa shape index (κ2) is 9.23. The van der Waals surface area contributed by atoms with Crippen LogP contribution in [0.3, 0.4) is 0 Å². The maximum absolute atomic E-state index is 12.9. The Morgan fingerprint density at radius 3 is 2.48 bits per heavy atom. The maximum Gasteiger partial charge on any atom is 0.335 e. The Morgan fingerprint density at radius 1 is 1.03 bits per heavy atom. The lowest BCUT2D eigenvalue weighted by Gasteiger charge is -2.30. The van der Waals surface area contributed by atoms with Crippen LogP contribution in [0.2, 0.25) is 0 Å². The molecular formula is C22H24N2O5. The largest absolute Gasteiger partial charge is 0.493 e. The summed E-state index contributed by atoms with van der Waals surface area (Å²) in [5.74, 6) is -1.01. The molecule has 1 N–H and O–H groups in total. The molecule has 2 aromatic rings. The number of imide groups is 2. The molecule has 4 amide bonds. The van der Waals surface area contributed by atoms with Gasteiger partial charge in [-0.15, -0.1) is 0 Å². The predicted octanol–water partition coefficient (Wildman–Crippen LogP) is 3.32. The Balaban J connectivity index is 1.80. The Labute approximate surface area is 169 Å². The summed E-state index contributed by atoms with van der Waals surface area (Å²) in [5, 5.41) is 2.27. The number of hydrogen-bond donors (Lipinski definition) is 1. The molecule has 0 spiro atoms. The average Bonchev–Trinajstić information content (AvgIpc) is 2.72. The van der Waals surface area contributed by atoms with Gasteiger partial charge in [-0.05, 0) is 42.7 Å². The van der Waals surface area contributed by atoms with Crippen LogP contribution >= 0.6 is 0 Å². The molecule has 0 aromatic heterocycles. The van der Waals surface area contributed by atoms with Gasteiger partial charge < -0.3 is 9.47 Å². The summed E-state index contributed by atoms with van der Waals surface area (Å²) in [6.45, 7) is 2.67. The van der Waals surface area contributed by atoms with Crippen molar-refractivity contribution in [2.24, 2.45) is 5.92 Å². The molecule has 2 aromatic carbocycles. The van der Waals surface area contributed by atoms with E-state index in [1.165, 1.54) is 0 Å². The summed E-state index contributed by atoms with van der Waals surface area (Å²) >= 11 is 0. The number of benzene rings is 2. The lowest BCUT2D eigenvalue weighted by molar-refractivity contribution is -0.134. The van der Waals surface area contributed by atoms with Crippen LogP contribution in [-0.2, 0) is 16.0 Å². The van der Waals surface area contributed by atoms with Crippen molar-refractivity contribution in [2.75, 3.05) is 18.6 Å². The standard InChI is InChI=1S/C22H24N2O5/c1-3-4-12-29-18-11-10-15(14-19(18)28-2)13-17-20(25)23-22(27)24(21(17)26)16-8-6-5-7-9-16/h5-11,14,17H,3-4,12-13H2,1-2H3,(H,23,25,27). The van der Waals surface area contributed by atoms with Gasteiger partial charge in [0.1, 0.15) is 5.92 Å². The fourth-order valence-corrected chi connectivity index (χ4v) is 3.14. The van der Waals surface area contributed by atoms with Crippen molar-refractivity contribution in [3.05, 3.63) is 54.1 Å². The summed E-state index contributed by atoms with van der Waals surface area (Å²) in [7, 11) is 1.54. The maximum atomic E-state index is 12.9. The summed E-state index contributed by atoms with van der Waals surface area (Å²) < 4.78 is 11.1. The fourth-order valence-electron chi connectivity index (χ4n) is 3.14. The highest BCUT2D eigenvalue weighted by molar-refractivity contribution is 6.27. The molecule has 1 aliphatic heterocycles. The van der Waals surface area contributed by atoms with Crippen molar-refractivity contribution in [1.82, 2.24) is 5.32 Å². The van der Waals surface area contributed by atoms with Crippen molar-refractivity contribution in [3.63, 3.8) is 0 Å². The van der Waals surface area contributed by atoms with Crippen molar-refractivity contribution in [1.29, 1.82) is 0 Å². The van der Waals surface area contributed by atoms with E-state index in [0.717, 1.165) is 23.3 Å². The summed E-state index contributed by atoms with van der Waals surface area (Å²) in [4.78, 5) is 38.5. The van der Waals surface area contributed by atoms with Crippen LogP contribution < -0.4 is 19.7 Å².